The van der Waals surface area contributed by atoms with E-state index >= 15 is 0 Å². The van der Waals surface area contributed by atoms with E-state index in [-0.39, 0.29) is 11.7 Å². The average Bonchev–Trinajstić information content (AvgIpc) is 2.92. The summed E-state index contributed by atoms with van der Waals surface area (Å²) in [6.07, 6.45) is 0.382. The second kappa shape index (κ2) is 5.62. The number of benzene rings is 1. The molecule has 6 heteroatoms. The second-order valence-electron chi connectivity index (χ2n) is 5.90. The van der Waals surface area contributed by atoms with Crippen molar-refractivity contribution in [2.45, 2.75) is 26.1 Å². The summed E-state index contributed by atoms with van der Waals surface area (Å²) in [5, 5.41) is 7.06. The monoisotopic (exact) mass is 331 g/mol. The molecule has 120 valence electrons. The molecule has 2 aliphatic rings. The minimum Gasteiger partial charge on any atom is -0.353 e. The molecule has 0 saturated carbocycles. The van der Waals surface area contributed by atoms with Gasteiger partial charge in [0.05, 0.1) is 5.56 Å². The molecule has 2 aliphatic heterocycles. The van der Waals surface area contributed by atoms with Crippen LogP contribution in [-0.4, -0.2) is 23.9 Å². The standard InChI is InChI=1S/C17H18FN3OS/c1-2-21-8-7-11-13(9-21)23-17-14(11)16(22)19-15(20-17)10-5-3-4-6-12(10)18/h3-6,15,20H,2,7-9H2,1H3,(H,19,22). The Morgan fingerprint density at radius 1 is 1.35 bits per heavy atom. The van der Waals surface area contributed by atoms with Gasteiger partial charge in [-0.1, -0.05) is 25.1 Å². The molecule has 0 aliphatic carbocycles. The summed E-state index contributed by atoms with van der Waals surface area (Å²) in [6.45, 7) is 5.04. The summed E-state index contributed by atoms with van der Waals surface area (Å²) >= 11 is 1.63. The molecule has 3 heterocycles. The van der Waals surface area contributed by atoms with Gasteiger partial charge in [0, 0.05) is 23.5 Å². The number of thiophene rings is 1. The zero-order valence-electron chi connectivity index (χ0n) is 12.9. The number of nitrogens with zero attached hydrogens (tertiary/aromatic N) is 1. The Morgan fingerprint density at radius 2 is 2.17 bits per heavy atom. The van der Waals surface area contributed by atoms with Crippen molar-refractivity contribution in [3.8, 4) is 0 Å². The number of fused-ring (bicyclic) bond motifs is 3. The van der Waals surface area contributed by atoms with E-state index in [4.69, 9.17) is 0 Å². The molecular weight excluding hydrogens is 313 g/mol. The normalized spacial score (nSPS) is 20.4. The topological polar surface area (TPSA) is 44.4 Å². The molecule has 23 heavy (non-hydrogen) atoms. The molecule has 1 amide bonds. The Bertz CT molecular complexity index is 773. The first-order valence-electron chi connectivity index (χ1n) is 7.86. The smallest absolute Gasteiger partial charge is 0.256 e. The van der Waals surface area contributed by atoms with E-state index < -0.39 is 6.17 Å². The summed E-state index contributed by atoms with van der Waals surface area (Å²) in [5.74, 6) is -0.415. The first-order chi connectivity index (χ1) is 11.2. The van der Waals surface area contributed by atoms with Crippen molar-refractivity contribution >= 4 is 22.2 Å². The zero-order valence-corrected chi connectivity index (χ0v) is 13.7. The third-order valence-electron chi connectivity index (χ3n) is 4.58. The quantitative estimate of drug-likeness (QED) is 0.889. The lowest BCUT2D eigenvalue weighted by Gasteiger charge is -2.28. The van der Waals surface area contributed by atoms with E-state index in [2.05, 4.69) is 22.5 Å². The van der Waals surface area contributed by atoms with Crippen molar-refractivity contribution in [2.24, 2.45) is 0 Å². The summed E-state index contributed by atoms with van der Waals surface area (Å²) in [5.41, 5.74) is 2.38. The molecule has 1 aromatic carbocycles. The highest BCUT2D eigenvalue weighted by molar-refractivity contribution is 7.16. The largest absolute Gasteiger partial charge is 0.353 e. The van der Waals surface area contributed by atoms with E-state index in [1.807, 2.05) is 0 Å². The Morgan fingerprint density at radius 3 is 2.96 bits per heavy atom. The highest BCUT2D eigenvalue weighted by atomic mass is 32.1. The summed E-state index contributed by atoms with van der Waals surface area (Å²) in [4.78, 5) is 16.2. The number of likely N-dealkylation sites (N-methyl/N-ethyl adjacent to an activating group) is 1. The highest BCUT2D eigenvalue weighted by Gasteiger charge is 2.33. The molecule has 0 bridgehead atoms. The number of amides is 1. The van der Waals surface area contributed by atoms with Crippen molar-refractivity contribution in [3.63, 3.8) is 0 Å². The van der Waals surface area contributed by atoms with E-state index in [0.717, 1.165) is 42.2 Å². The fraction of sp³-hybridized carbons (Fsp3) is 0.353. The van der Waals surface area contributed by atoms with Crippen LogP contribution in [-0.2, 0) is 13.0 Å². The van der Waals surface area contributed by atoms with Crippen molar-refractivity contribution in [2.75, 3.05) is 18.4 Å². The maximum absolute atomic E-state index is 14.0. The van der Waals surface area contributed by atoms with E-state index in [0.29, 0.717) is 5.56 Å². The maximum Gasteiger partial charge on any atom is 0.256 e. The molecule has 4 rings (SSSR count). The zero-order chi connectivity index (χ0) is 16.0. The minimum atomic E-state index is -0.515. The van der Waals surface area contributed by atoms with Gasteiger partial charge in [-0.25, -0.2) is 4.39 Å². The number of carbonyl (C=O) groups is 1. The van der Waals surface area contributed by atoms with Gasteiger partial charge in [-0.3, -0.25) is 9.69 Å². The molecule has 4 nitrogen and oxygen atoms in total. The molecule has 1 atom stereocenters. The molecule has 1 unspecified atom stereocenters. The van der Waals surface area contributed by atoms with Gasteiger partial charge in [-0.15, -0.1) is 11.3 Å². The number of halogens is 1. The Labute approximate surface area is 138 Å². The lowest BCUT2D eigenvalue weighted by atomic mass is 10.0. The van der Waals surface area contributed by atoms with Crippen LogP contribution in [0.4, 0.5) is 9.39 Å². The van der Waals surface area contributed by atoms with Gasteiger partial charge in [0.1, 0.15) is 17.0 Å². The molecule has 0 fully saturated rings. The van der Waals surface area contributed by atoms with Gasteiger partial charge in [-0.2, -0.15) is 0 Å². The van der Waals surface area contributed by atoms with Crippen LogP contribution in [0, 0.1) is 5.82 Å². The van der Waals surface area contributed by atoms with Crippen LogP contribution in [0.15, 0.2) is 24.3 Å². The van der Waals surface area contributed by atoms with Gasteiger partial charge in [0.25, 0.3) is 5.91 Å². The fourth-order valence-electron chi connectivity index (χ4n) is 3.30. The van der Waals surface area contributed by atoms with Crippen LogP contribution in [0.3, 0.4) is 0 Å². The highest BCUT2D eigenvalue weighted by Crippen LogP contribution is 2.40. The Kier molecular flexibility index (Phi) is 3.58. The second-order valence-corrected chi connectivity index (χ2v) is 7.00. The van der Waals surface area contributed by atoms with Crippen molar-refractivity contribution in [1.29, 1.82) is 0 Å². The third kappa shape index (κ3) is 2.42. The minimum absolute atomic E-state index is 0.102. The van der Waals surface area contributed by atoms with E-state index in [1.165, 1.54) is 10.9 Å². The number of hydrogen-bond acceptors (Lipinski definition) is 4. The van der Waals surface area contributed by atoms with Crippen molar-refractivity contribution in [3.05, 3.63) is 51.7 Å². The lowest BCUT2D eigenvalue weighted by molar-refractivity contribution is 0.0934. The number of hydrogen-bond donors (Lipinski definition) is 2. The van der Waals surface area contributed by atoms with Gasteiger partial charge in [-0.05, 0) is 24.6 Å². The fourth-order valence-corrected chi connectivity index (χ4v) is 4.62. The van der Waals surface area contributed by atoms with Crippen molar-refractivity contribution in [1.82, 2.24) is 10.2 Å². The third-order valence-corrected chi connectivity index (χ3v) is 5.73. The first-order valence-corrected chi connectivity index (χ1v) is 8.67. The van der Waals surface area contributed by atoms with Crippen LogP contribution < -0.4 is 10.6 Å². The van der Waals surface area contributed by atoms with Gasteiger partial charge in [0.15, 0.2) is 0 Å². The first kappa shape index (κ1) is 14.7. The molecule has 0 radical (unpaired) electrons. The predicted octanol–water partition coefficient (Wildman–Crippen LogP) is 3.12. The van der Waals surface area contributed by atoms with Gasteiger partial charge < -0.3 is 10.6 Å². The number of nitrogens with one attached hydrogen (secondary N) is 2. The van der Waals surface area contributed by atoms with Gasteiger partial charge in [0.2, 0.25) is 0 Å². The Balaban J connectivity index is 1.69. The molecule has 0 spiro atoms. The molecule has 2 N–H and O–H groups in total. The molecular formula is C17H18FN3OS. The van der Waals surface area contributed by atoms with Gasteiger partial charge >= 0.3 is 0 Å². The van der Waals surface area contributed by atoms with Crippen LogP contribution >= 0.6 is 11.3 Å². The Hall–Kier alpha value is -1.92. The number of carbonyl (C=O) groups excluding carboxylic acids is 1. The SMILES string of the molecule is CCN1CCc2c(sc3c2C(=O)NC(c2ccccc2F)N3)C1. The average molecular weight is 331 g/mol. The summed E-state index contributed by atoms with van der Waals surface area (Å²) in [7, 11) is 0. The summed E-state index contributed by atoms with van der Waals surface area (Å²) in [6, 6.07) is 6.54. The van der Waals surface area contributed by atoms with E-state index in [9.17, 15) is 9.18 Å². The number of anilines is 1. The van der Waals surface area contributed by atoms with E-state index in [1.54, 1.807) is 29.5 Å². The molecule has 0 saturated heterocycles. The molecule has 1 aromatic heterocycles. The van der Waals surface area contributed by atoms with Crippen LogP contribution in [0.2, 0.25) is 0 Å². The lowest BCUT2D eigenvalue weighted by Crippen LogP contribution is -2.39. The van der Waals surface area contributed by atoms with Crippen LogP contribution in [0.5, 0.6) is 0 Å². The predicted molar refractivity (Wildman–Crippen MR) is 89.2 cm³/mol. The van der Waals surface area contributed by atoms with Crippen LogP contribution in [0.25, 0.3) is 0 Å². The molecule has 2 aromatic rings. The number of rotatable bonds is 2. The van der Waals surface area contributed by atoms with Crippen molar-refractivity contribution < 1.29 is 9.18 Å². The maximum atomic E-state index is 14.0. The summed E-state index contributed by atoms with van der Waals surface area (Å²) < 4.78 is 14.0. The van der Waals surface area contributed by atoms with Crippen LogP contribution in [0.1, 0.15) is 39.5 Å².